The maximum Gasteiger partial charge on any atom is 1.00 e. The van der Waals surface area contributed by atoms with Crippen LogP contribution >= 0.6 is 0 Å². The Labute approximate surface area is 103 Å². The monoisotopic (exact) mass is 217 g/mol. The van der Waals surface area contributed by atoms with Crippen LogP contribution in [0.25, 0.3) is 0 Å². The molecule has 0 aliphatic rings. The average molecular weight is 217 g/mol. The van der Waals surface area contributed by atoms with Gasteiger partial charge in [-0.25, -0.2) is 13.1 Å². The minimum Gasteiger partial charge on any atom is -0.735 e. The maximum atomic E-state index is 10.2. The van der Waals surface area contributed by atoms with Gasteiger partial charge in [-0.05, 0) is 13.3 Å². The fourth-order valence-electron chi connectivity index (χ4n) is 1.01. The van der Waals surface area contributed by atoms with Gasteiger partial charge in [-0.15, -0.1) is 0 Å². The van der Waals surface area contributed by atoms with Gasteiger partial charge in [0.1, 0.15) is 0 Å². The quantitative estimate of drug-likeness (QED) is 0.318. The van der Waals surface area contributed by atoms with Gasteiger partial charge in [0.05, 0.1) is 0 Å². The number of hydrogen-bond acceptors (Lipinski definition) is 3. The molecule has 0 fully saturated rings. The summed E-state index contributed by atoms with van der Waals surface area (Å²) in [4.78, 5) is 0. The van der Waals surface area contributed by atoms with Crippen molar-refractivity contribution < 1.29 is 42.5 Å². The van der Waals surface area contributed by atoms with Gasteiger partial charge >= 0.3 is 29.6 Å². The second kappa shape index (κ2) is 8.20. The van der Waals surface area contributed by atoms with E-state index in [1.54, 1.807) is 6.92 Å². The molecule has 0 heterocycles. The van der Waals surface area contributed by atoms with Crippen LogP contribution in [0, 0.1) is 0 Å². The van der Waals surface area contributed by atoms with E-state index < -0.39 is 10.3 Å². The fourth-order valence-corrected chi connectivity index (χ4v) is 1.62. The summed E-state index contributed by atoms with van der Waals surface area (Å²) in [7, 11) is -4.26. The Hall–Kier alpha value is 0.870. The third kappa shape index (κ3) is 12.9. The summed E-state index contributed by atoms with van der Waals surface area (Å²) in [5.74, 6) is 0. The molecular weight excluding hydrogens is 201 g/mol. The van der Waals surface area contributed by atoms with Crippen molar-refractivity contribution in [2.24, 2.45) is 0 Å². The van der Waals surface area contributed by atoms with Gasteiger partial charge in [-0.3, -0.25) is 0 Å². The molecular formula is C7H16NNaO3S. The Morgan fingerprint density at radius 1 is 1.38 bits per heavy atom. The Balaban J connectivity index is 0. The van der Waals surface area contributed by atoms with E-state index in [1.807, 2.05) is 4.72 Å². The van der Waals surface area contributed by atoms with Crippen molar-refractivity contribution in [1.82, 2.24) is 4.72 Å². The van der Waals surface area contributed by atoms with Gasteiger partial charge in [0.15, 0.2) is 10.3 Å². The molecule has 0 rings (SSSR count). The zero-order chi connectivity index (χ0) is 9.61. The molecule has 1 atom stereocenters. The number of rotatable bonds is 6. The molecule has 0 spiro atoms. The van der Waals surface area contributed by atoms with Crippen molar-refractivity contribution in [3.63, 3.8) is 0 Å². The van der Waals surface area contributed by atoms with E-state index >= 15 is 0 Å². The molecule has 1 N–H and O–H groups in total. The topological polar surface area (TPSA) is 69.2 Å². The van der Waals surface area contributed by atoms with E-state index in [4.69, 9.17) is 0 Å². The first-order chi connectivity index (χ1) is 5.45. The molecule has 0 amide bonds. The van der Waals surface area contributed by atoms with E-state index in [0.717, 1.165) is 25.7 Å². The van der Waals surface area contributed by atoms with Crippen LogP contribution in [-0.4, -0.2) is 19.0 Å². The van der Waals surface area contributed by atoms with Gasteiger partial charge in [0.2, 0.25) is 0 Å². The van der Waals surface area contributed by atoms with Crippen LogP contribution in [0.1, 0.15) is 39.5 Å². The number of nitrogens with one attached hydrogen (secondary N) is 1. The van der Waals surface area contributed by atoms with Crippen molar-refractivity contribution in [3.8, 4) is 0 Å². The minimum atomic E-state index is -4.26. The molecule has 1 unspecified atom stereocenters. The number of hydrogen-bond donors (Lipinski definition) is 1. The van der Waals surface area contributed by atoms with Crippen molar-refractivity contribution >= 4 is 10.3 Å². The minimum absolute atomic E-state index is 0. The first-order valence-corrected chi connectivity index (χ1v) is 5.59. The van der Waals surface area contributed by atoms with E-state index in [9.17, 15) is 13.0 Å². The van der Waals surface area contributed by atoms with Gasteiger partial charge in [-0.2, -0.15) is 0 Å². The van der Waals surface area contributed by atoms with Gasteiger partial charge in [0, 0.05) is 6.04 Å². The summed E-state index contributed by atoms with van der Waals surface area (Å²) in [5, 5.41) is 0. The van der Waals surface area contributed by atoms with E-state index in [2.05, 4.69) is 6.92 Å². The fraction of sp³-hybridized carbons (Fsp3) is 1.00. The maximum absolute atomic E-state index is 10.2. The molecule has 0 aromatic carbocycles. The van der Waals surface area contributed by atoms with Crippen LogP contribution in [0.4, 0.5) is 0 Å². The summed E-state index contributed by atoms with van der Waals surface area (Å²) in [6, 6.07) is -0.237. The average Bonchev–Trinajstić information content (AvgIpc) is 1.84. The van der Waals surface area contributed by atoms with Crippen molar-refractivity contribution in [2.45, 2.75) is 45.6 Å². The van der Waals surface area contributed by atoms with Crippen LogP contribution in [0.5, 0.6) is 0 Å². The Morgan fingerprint density at radius 3 is 2.31 bits per heavy atom. The molecule has 13 heavy (non-hydrogen) atoms. The standard InChI is InChI=1S/C7H17NO3S.Na/c1-3-4-5-6-7(2)8-12(9,10)11;/h7-8H,3-6H2,1-2H3,(H,9,10,11);/q;+1/p-1. The van der Waals surface area contributed by atoms with Gasteiger partial charge < -0.3 is 4.55 Å². The van der Waals surface area contributed by atoms with Crippen LogP contribution in [-0.2, 0) is 10.3 Å². The summed E-state index contributed by atoms with van der Waals surface area (Å²) >= 11 is 0. The molecule has 4 nitrogen and oxygen atoms in total. The molecule has 0 aliphatic carbocycles. The summed E-state index contributed by atoms with van der Waals surface area (Å²) in [6.45, 7) is 3.77. The molecule has 74 valence electrons. The smallest absolute Gasteiger partial charge is 0.735 e. The molecule has 0 aliphatic heterocycles. The summed E-state index contributed by atoms with van der Waals surface area (Å²) in [5.41, 5.74) is 0. The SMILES string of the molecule is CCCCCC(C)NS(=O)(=O)[O-].[Na+]. The molecule has 0 saturated heterocycles. The zero-order valence-electron chi connectivity index (χ0n) is 8.54. The van der Waals surface area contributed by atoms with Crippen molar-refractivity contribution in [1.29, 1.82) is 0 Å². The molecule has 0 saturated carbocycles. The predicted octanol–water partition coefficient (Wildman–Crippen LogP) is -1.99. The molecule has 6 heteroatoms. The van der Waals surface area contributed by atoms with Crippen molar-refractivity contribution in [2.75, 3.05) is 0 Å². The zero-order valence-corrected chi connectivity index (χ0v) is 11.4. The Morgan fingerprint density at radius 2 is 1.92 bits per heavy atom. The third-order valence-corrected chi connectivity index (χ3v) is 2.28. The van der Waals surface area contributed by atoms with Crippen LogP contribution in [0.3, 0.4) is 0 Å². The predicted molar refractivity (Wildman–Crippen MR) is 46.4 cm³/mol. The Bertz CT molecular complexity index is 206. The molecule has 0 radical (unpaired) electrons. The van der Waals surface area contributed by atoms with E-state index in [1.165, 1.54) is 0 Å². The summed E-state index contributed by atoms with van der Waals surface area (Å²) in [6.07, 6.45) is 3.86. The molecule has 0 bridgehead atoms. The first-order valence-electron chi connectivity index (χ1n) is 4.19. The second-order valence-corrected chi connectivity index (χ2v) is 4.11. The van der Waals surface area contributed by atoms with E-state index in [0.29, 0.717) is 0 Å². The summed E-state index contributed by atoms with van der Waals surface area (Å²) < 4.78 is 32.6. The van der Waals surface area contributed by atoms with Crippen LogP contribution < -0.4 is 34.3 Å². The van der Waals surface area contributed by atoms with Gasteiger partial charge in [0.25, 0.3) is 0 Å². The second-order valence-electron chi connectivity index (χ2n) is 2.97. The third-order valence-electron chi connectivity index (χ3n) is 1.59. The molecule has 0 aromatic heterocycles. The number of unbranched alkanes of at least 4 members (excludes halogenated alkanes) is 2. The van der Waals surface area contributed by atoms with Gasteiger partial charge in [-0.1, -0.05) is 26.2 Å². The first kappa shape index (κ1) is 16.3. The van der Waals surface area contributed by atoms with Crippen molar-refractivity contribution in [3.05, 3.63) is 0 Å². The normalized spacial score (nSPS) is 13.5. The van der Waals surface area contributed by atoms with Crippen LogP contribution in [0.2, 0.25) is 0 Å². The largest absolute Gasteiger partial charge is 1.00 e. The van der Waals surface area contributed by atoms with Crippen LogP contribution in [0.15, 0.2) is 0 Å². The Kier molecular flexibility index (Phi) is 10.3. The van der Waals surface area contributed by atoms with E-state index in [-0.39, 0.29) is 35.6 Å². The molecule has 0 aromatic rings.